The molecule has 0 bridgehead atoms. The number of hydrogen-bond acceptors (Lipinski definition) is 5. The van der Waals surface area contributed by atoms with Crippen LogP contribution >= 0.6 is 0 Å². The molecule has 1 saturated carbocycles. The molecule has 0 atom stereocenters. The number of rotatable bonds is 5. The van der Waals surface area contributed by atoms with Gasteiger partial charge in [0.1, 0.15) is 0 Å². The van der Waals surface area contributed by atoms with Crippen molar-refractivity contribution in [1.82, 2.24) is 0 Å². The Morgan fingerprint density at radius 2 is 1.73 bits per heavy atom. The van der Waals surface area contributed by atoms with Crippen molar-refractivity contribution < 1.29 is 23.8 Å². The van der Waals surface area contributed by atoms with Gasteiger partial charge in [-0.25, -0.2) is 0 Å². The van der Waals surface area contributed by atoms with Crippen molar-refractivity contribution in [2.45, 2.75) is 58.2 Å². The minimum absolute atomic E-state index is 0.139. The zero-order valence-electron chi connectivity index (χ0n) is 17.5. The summed E-state index contributed by atoms with van der Waals surface area (Å²) in [6.07, 6.45) is 5.27. The van der Waals surface area contributed by atoms with Crippen LogP contribution in [-0.2, 0) is 20.7 Å². The maximum absolute atomic E-state index is 12.2. The highest BCUT2D eigenvalue weighted by Crippen LogP contribution is 2.46. The van der Waals surface area contributed by atoms with Crippen molar-refractivity contribution in [3.8, 4) is 11.5 Å². The molecule has 158 valence electrons. The number of esters is 1. The number of benzene rings is 2. The SMILES string of the molecule is Cc1ccc(CC(=O)OCC(=O)Nc2ccc3c(c2)OC2(CCCCC2)O3)cc1C. The third kappa shape index (κ3) is 4.58. The molecule has 0 unspecified atom stereocenters. The summed E-state index contributed by atoms with van der Waals surface area (Å²) < 4.78 is 17.2. The first-order chi connectivity index (χ1) is 14.4. The largest absolute Gasteiger partial charge is 0.455 e. The predicted octanol–water partition coefficient (Wildman–Crippen LogP) is 4.46. The van der Waals surface area contributed by atoms with Gasteiger partial charge in [0.05, 0.1) is 6.42 Å². The molecule has 0 aromatic heterocycles. The number of fused-ring (bicyclic) bond motifs is 1. The standard InChI is InChI=1S/C24H27NO5/c1-16-6-7-18(12-17(16)2)13-23(27)28-15-22(26)25-19-8-9-20-21(14-19)30-24(29-20)10-4-3-5-11-24/h6-9,12,14H,3-5,10-11,13,15H2,1-2H3,(H,25,26). The van der Waals surface area contributed by atoms with E-state index < -0.39 is 17.7 Å². The first-order valence-corrected chi connectivity index (χ1v) is 10.5. The van der Waals surface area contributed by atoms with Crippen LogP contribution in [-0.4, -0.2) is 24.3 Å². The molecule has 6 nitrogen and oxygen atoms in total. The summed E-state index contributed by atoms with van der Waals surface area (Å²) in [4.78, 5) is 24.3. The van der Waals surface area contributed by atoms with Crippen molar-refractivity contribution in [2.75, 3.05) is 11.9 Å². The molecule has 4 rings (SSSR count). The van der Waals surface area contributed by atoms with Gasteiger partial charge in [0.2, 0.25) is 0 Å². The predicted molar refractivity (Wildman–Crippen MR) is 113 cm³/mol. The number of ether oxygens (including phenoxy) is 3. The molecule has 6 heteroatoms. The Hall–Kier alpha value is -3.02. The fraction of sp³-hybridized carbons (Fsp3) is 0.417. The molecule has 1 aliphatic heterocycles. The van der Waals surface area contributed by atoms with Crippen molar-refractivity contribution in [3.05, 3.63) is 53.1 Å². The monoisotopic (exact) mass is 409 g/mol. The summed E-state index contributed by atoms with van der Waals surface area (Å²) in [5.41, 5.74) is 3.75. The number of carbonyl (C=O) groups excluding carboxylic acids is 2. The minimum Gasteiger partial charge on any atom is -0.455 e. The molecule has 2 aromatic carbocycles. The fourth-order valence-electron chi connectivity index (χ4n) is 3.94. The van der Waals surface area contributed by atoms with Gasteiger partial charge < -0.3 is 19.5 Å². The summed E-state index contributed by atoms with van der Waals surface area (Å²) in [5, 5.41) is 2.75. The van der Waals surface area contributed by atoms with Crippen LogP contribution in [0.4, 0.5) is 5.69 Å². The van der Waals surface area contributed by atoms with Crippen LogP contribution in [0.15, 0.2) is 36.4 Å². The lowest BCUT2D eigenvalue weighted by Crippen LogP contribution is -2.40. The second kappa shape index (κ2) is 8.38. The molecule has 1 amide bonds. The Kier molecular flexibility index (Phi) is 5.66. The lowest BCUT2D eigenvalue weighted by Gasteiger charge is -2.31. The summed E-state index contributed by atoms with van der Waals surface area (Å²) in [5.74, 6) is -0.0308. The maximum Gasteiger partial charge on any atom is 0.310 e. The van der Waals surface area contributed by atoms with E-state index in [1.807, 2.05) is 32.0 Å². The molecule has 0 saturated heterocycles. The van der Waals surface area contributed by atoms with E-state index in [2.05, 4.69) is 5.32 Å². The molecule has 1 fully saturated rings. The molecule has 2 aliphatic rings. The van der Waals surface area contributed by atoms with Crippen LogP contribution in [0.5, 0.6) is 11.5 Å². The van der Waals surface area contributed by atoms with Crippen molar-refractivity contribution in [1.29, 1.82) is 0 Å². The Morgan fingerprint density at radius 3 is 2.50 bits per heavy atom. The Balaban J connectivity index is 1.28. The Labute approximate surface area is 176 Å². The average Bonchev–Trinajstić information content (AvgIpc) is 3.06. The number of amides is 1. The summed E-state index contributed by atoms with van der Waals surface area (Å²) in [6, 6.07) is 11.2. The summed E-state index contributed by atoms with van der Waals surface area (Å²) >= 11 is 0. The first-order valence-electron chi connectivity index (χ1n) is 10.5. The smallest absolute Gasteiger partial charge is 0.310 e. The van der Waals surface area contributed by atoms with Crippen molar-refractivity contribution >= 4 is 17.6 Å². The number of nitrogens with one attached hydrogen (secondary N) is 1. The second-order valence-electron chi connectivity index (χ2n) is 8.14. The van der Waals surface area contributed by atoms with Gasteiger partial charge in [-0.2, -0.15) is 0 Å². The summed E-state index contributed by atoms with van der Waals surface area (Å²) in [7, 11) is 0. The van der Waals surface area contributed by atoms with E-state index in [0.29, 0.717) is 17.2 Å². The van der Waals surface area contributed by atoms with E-state index in [1.165, 1.54) is 12.0 Å². The minimum atomic E-state index is -0.549. The molecule has 1 heterocycles. The highest BCUT2D eigenvalue weighted by atomic mass is 16.7. The number of hydrogen-bond donors (Lipinski definition) is 1. The van der Waals surface area contributed by atoms with Gasteiger partial charge in [-0.05, 0) is 55.5 Å². The lowest BCUT2D eigenvalue weighted by molar-refractivity contribution is -0.146. The highest BCUT2D eigenvalue weighted by molar-refractivity contribution is 5.93. The van der Waals surface area contributed by atoms with Gasteiger partial charge in [-0.15, -0.1) is 0 Å². The molecule has 1 spiro atoms. The number of carbonyl (C=O) groups is 2. The zero-order valence-corrected chi connectivity index (χ0v) is 17.5. The Bertz CT molecular complexity index is 962. The van der Waals surface area contributed by atoms with Gasteiger partial charge in [0, 0.05) is 24.6 Å². The molecule has 0 radical (unpaired) electrons. The number of anilines is 1. The van der Waals surface area contributed by atoms with Gasteiger partial charge in [0.15, 0.2) is 18.1 Å². The van der Waals surface area contributed by atoms with E-state index in [4.69, 9.17) is 14.2 Å². The molecule has 30 heavy (non-hydrogen) atoms. The second-order valence-corrected chi connectivity index (χ2v) is 8.14. The summed E-state index contributed by atoms with van der Waals surface area (Å²) in [6.45, 7) is 3.69. The van der Waals surface area contributed by atoms with Crippen LogP contribution in [0.25, 0.3) is 0 Å². The fourth-order valence-corrected chi connectivity index (χ4v) is 3.94. The van der Waals surface area contributed by atoms with Gasteiger partial charge in [-0.3, -0.25) is 9.59 Å². The molecule has 1 aliphatic carbocycles. The molecular formula is C24H27NO5. The van der Waals surface area contributed by atoms with Crippen LogP contribution in [0.1, 0.15) is 48.8 Å². The molecular weight excluding hydrogens is 382 g/mol. The average molecular weight is 409 g/mol. The van der Waals surface area contributed by atoms with Gasteiger partial charge in [0.25, 0.3) is 11.7 Å². The Morgan fingerprint density at radius 1 is 0.967 bits per heavy atom. The van der Waals surface area contributed by atoms with E-state index in [-0.39, 0.29) is 13.0 Å². The third-order valence-corrected chi connectivity index (χ3v) is 5.72. The van der Waals surface area contributed by atoms with Crippen molar-refractivity contribution in [3.63, 3.8) is 0 Å². The topological polar surface area (TPSA) is 73.9 Å². The molecule has 1 N–H and O–H groups in total. The lowest BCUT2D eigenvalue weighted by atomic mass is 9.94. The van der Waals surface area contributed by atoms with E-state index in [1.54, 1.807) is 18.2 Å². The first kappa shape index (κ1) is 20.3. The van der Waals surface area contributed by atoms with Crippen LogP contribution < -0.4 is 14.8 Å². The van der Waals surface area contributed by atoms with Crippen LogP contribution in [0.2, 0.25) is 0 Å². The van der Waals surface area contributed by atoms with Gasteiger partial charge >= 0.3 is 5.97 Å². The highest BCUT2D eigenvalue weighted by Gasteiger charge is 2.42. The van der Waals surface area contributed by atoms with E-state index in [0.717, 1.165) is 36.8 Å². The maximum atomic E-state index is 12.2. The third-order valence-electron chi connectivity index (χ3n) is 5.72. The normalized spacial score (nSPS) is 16.3. The van der Waals surface area contributed by atoms with E-state index >= 15 is 0 Å². The zero-order chi connectivity index (χ0) is 21.1. The van der Waals surface area contributed by atoms with Crippen LogP contribution in [0, 0.1) is 13.8 Å². The quantitative estimate of drug-likeness (QED) is 0.738. The van der Waals surface area contributed by atoms with Crippen molar-refractivity contribution in [2.24, 2.45) is 0 Å². The molecule has 2 aromatic rings. The number of aryl methyl sites for hydroxylation is 2. The van der Waals surface area contributed by atoms with E-state index in [9.17, 15) is 9.59 Å². The van der Waals surface area contributed by atoms with Crippen LogP contribution in [0.3, 0.4) is 0 Å². The van der Waals surface area contributed by atoms with Gasteiger partial charge in [-0.1, -0.05) is 24.6 Å².